The van der Waals surface area contributed by atoms with Gasteiger partial charge in [-0.2, -0.15) is 0 Å². The monoisotopic (exact) mass is 291 g/mol. The summed E-state index contributed by atoms with van der Waals surface area (Å²) >= 11 is 3.30. The van der Waals surface area contributed by atoms with Gasteiger partial charge in [0.2, 0.25) is 0 Å². The van der Waals surface area contributed by atoms with Gasteiger partial charge in [-0.05, 0) is 70.6 Å². The number of furan rings is 1. The van der Waals surface area contributed by atoms with E-state index in [4.69, 9.17) is 4.42 Å². The molecule has 1 N–H and O–H groups in total. The van der Waals surface area contributed by atoms with Crippen LogP contribution >= 0.6 is 15.9 Å². The SMILES string of the molecule is Brc1ccc(CNc2ccc3c(c2)CCC3)o1. The summed E-state index contributed by atoms with van der Waals surface area (Å²) in [4.78, 5) is 0. The molecule has 0 radical (unpaired) electrons. The molecule has 88 valence electrons. The smallest absolute Gasteiger partial charge is 0.169 e. The van der Waals surface area contributed by atoms with Gasteiger partial charge in [0.1, 0.15) is 5.76 Å². The molecule has 0 unspecified atom stereocenters. The predicted molar refractivity (Wildman–Crippen MR) is 72.2 cm³/mol. The molecule has 0 atom stereocenters. The fourth-order valence-electron chi connectivity index (χ4n) is 2.32. The molecule has 2 nitrogen and oxygen atoms in total. The van der Waals surface area contributed by atoms with E-state index in [1.807, 2.05) is 12.1 Å². The molecule has 2 aromatic rings. The molecule has 17 heavy (non-hydrogen) atoms. The highest BCUT2D eigenvalue weighted by atomic mass is 79.9. The molecule has 0 fully saturated rings. The van der Waals surface area contributed by atoms with E-state index in [1.165, 1.54) is 36.1 Å². The molecular formula is C14H14BrNO. The summed E-state index contributed by atoms with van der Waals surface area (Å²) in [6, 6.07) is 10.6. The molecule has 1 heterocycles. The van der Waals surface area contributed by atoms with Crippen molar-refractivity contribution in [1.29, 1.82) is 0 Å². The van der Waals surface area contributed by atoms with Crippen LogP contribution in [-0.2, 0) is 19.4 Å². The van der Waals surface area contributed by atoms with Crippen LogP contribution in [0.25, 0.3) is 0 Å². The summed E-state index contributed by atoms with van der Waals surface area (Å²) in [5.41, 5.74) is 4.19. The van der Waals surface area contributed by atoms with Crippen LogP contribution in [0.4, 0.5) is 5.69 Å². The highest BCUT2D eigenvalue weighted by Gasteiger charge is 2.10. The van der Waals surface area contributed by atoms with Gasteiger partial charge in [0.15, 0.2) is 4.67 Å². The lowest BCUT2D eigenvalue weighted by Crippen LogP contribution is -1.98. The Labute approximate surface area is 109 Å². The van der Waals surface area contributed by atoms with Crippen molar-refractivity contribution >= 4 is 21.6 Å². The molecule has 1 aromatic heterocycles. The average molecular weight is 292 g/mol. The molecule has 3 heteroatoms. The van der Waals surface area contributed by atoms with Crippen molar-refractivity contribution in [3.05, 3.63) is 51.9 Å². The Kier molecular flexibility index (Phi) is 2.93. The predicted octanol–water partition coefficient (Wildman–Crippen LogP) is 4.14. The molecular weight excluding hydrogens is 278 g/mol. The number of aryl methyl sites for hydroxylation is 2. The first kappa shape index (κ1) is 10.9. The Bertz CT molecular complexity index is 533. The Morgan fingerprint density at radius 3 is 2.82 bits per heavy atom. The first-order chi connectivity index (χ1) is 8.31. The van der Waals surface area contributed by atoms with E-state index < -0.39 is 0 Å². The van der Waals surface area contributed by atoms with E-state index >= 15 is 0 Å². The quantitative estimate of drug-likeness (QED) is 0.919. The van der Waals surface area contributed by atoms with Crippen LogP contribution in [0.2, 0.25) is 0 Å². The number of anilines is 1. The lowest BCUT2D eigenvalue weighted by atomic mass is 10.1. The maximum absolute atomic E-state index is 5.45. The summed E-state index contributed by atoms with van der Waals surface area (Å²) in [6.45, 7) is 0.727. The van der Waals surface area contributed by atoms with Gasteiger partial charge in [-0.1, -0.05) is 6.07 Å². The summed E-state index contributed by atoms with van der Waals surface area (Å²) in [6.07, 6.45) is 3.75. The van der Waals surface area contributed by atoms with Gasteiger partial charge >= 0.3 is 0 Å². The number of hydrogen-bond donors (Lipinski definition) is 1. The molecule has 0 saturated carbocycles. The summed E-state index contributed by atoms with van der Waals surface area (Å²) in [5, 5.41) is 3.39. The first-order valence-electron chi connectivity index (χ1n) is 5.91. The third kappa shape index (κ3) is 2.39. The van der Waals surface area contributed by atoms with Crippen LogP contribution in [0.5, 0.6) is 0 Å². The van der Waals surface area contributed by atoms with Crippen LogP contribution in [0.3, 0.4) is 0 Å². The zero-order valence-electron chi connectivity index (χ0n) is 9.50. The Morgan fingerprint density at radius 2 is 2.00 bits per heavy atom. The number of fused-ring (bicyclic) bond motifs is 1. The van der Waals surface area contributed by atoms with Crippen LogP contribution in [-0.4, -0.2) is 0 Å². The van der Waals surface area contributed by atoms with E-state index in [2.05, 4.69) is 39.4 Å². The lowest BCUT2D eigenvalue weighted by Gasteiger charge is -2.06. The molecule has 3 rings (SSSR count). The fourth-order valence-corrected chi connectivity index (χ4v) is 2.66. The number of benzene rings is 1. The van der Waals surface area contributed by atoms with Gasteiger partial charge in [0.25, 0.3) is 0 Å². The zero-order chi connectivity index (χ0) is 11.7. The van der Waals surface area contributed by atoms with Gasteiger partial charge in [-0.3, -0.25) is 0 Å². The lowest BCUT2D eigenvalue weighted by molar-refractivity contribution is 0.495. The number of hydrogen-bond acceptors (Lipinski definition) is 2. The minimum Gasteiger partial charge on any atom is -0.452 e. The second-order valence-electron chi connectivity index (χ2n) is 4.40. The average Bonchev–Trinajstić information content (AvgIpc) is 2.94. The third-order valence-electron chi connectivity index (χ3n) is 3.19. The van der Waals surface area contributed by atoms with Crippen LogP contribution < -0.4 is 5.32 Å². The molecule has 0 spiro atoms. The Balaban J connectivity index is 1.69. The number of halogens is 1. The van der Waals surface area contributed by atoms with E-state index in [9.17, 15) is 0 Å². The van der Waals surface area contributed by atoms with Crippen molar-refractivity contribution in [1.82, 2.24) is 0 Å². The van der Waals surface area contributed by atoms with Gasteiger partial charge in [0, 0.05) is 5.69 Å². The van der Waals surface area contributed by atoms with Gasteiger partial charge in [0.05, 0.1) is 6.54 Å². The fraction of sp³-hybridized carbons (Fsp3) is 0.286. The first-order valence-corrected chi connectivity index (χ1v) is 6.70. The van der Waals surface area contributed by atoms with Crippen molar-refractivity contribution in [2.45, 2.75) is 25.8 Å². The van der Waals surface area contributed by atoms with Crippen LogP contribution in [0.1, 0.15) is 23.3 Å². The highest BCUT2D eigenvalue weighted by molar-refractivity contribution is 9.10. The molecule has 1 aliphatic carbocycles. The maximum atomic E-state index is 5.45. The molecule has 0 saturated heterocycles. The van der Waals surface area contributed by atoms with Crippen LogP contribution in [0, 0.1) is 0 Å². The normalized spacial score (nSPS) is 13.7. The van der Waals surface area contributed by atoms with Crippen molar-refractivity contribution in [2.24, 2.45) is 0 Å². The van der Waals surface area contributed by atoms with Crippen molar-refractivity contribution in [3.8, 4) is 0 Å². The molecule has 1 aromatic carbocycles. The van der Waals surface area contributed by atoms with E-state index in [0.29, 0.717) is 0 Å². The summed E-state index contributed by atoms with van der Waals surface area (Å²) in [7, 11) is 0. The minimum absolute atomic E-state index is 0.727. The standard InChI is InChI=1S/C14H14BrNO/c15-14-7-6-13(17-14)9-16-12-5-4-10-2-1-3-11(10)8-12/h4-8,16H,1-3,9H2. The van der Waals surface area contributed by atoms with E-state index in [-0.39, 0.29) is 0 Å². The third-order valence-corrected chi connectivity index (χ3v) is 3.62. The zero-order valence-corrected chi connectivity index (χ0v) is 11.1. The molecule has 0 bridgehead atoms. The van der Waals surface area contributed by atoms with Gasteiger partial charge in [-0.15, -0.1) is 0 Å². The van der Waals surface area contributed by atoms with Crippen LogP contribution in [0.15, 0.2) is 39.4 Å². The Morgan fingerprint density at radius 1 is 1.12 bits per heavy atom. The summed E-state index contributed by atoms with van der Waals surface area (Å²) < 4.78 is 6.23. The largest absolute Gasteiger partial charge is 0.452 e. The summed E-state index contributed by atoms with van der Waals surface area (Å²) in [5.74, 6) is 0.942. The van der Waals surface area contributed by atoms with Crippen molar-refractivity contribution in [2.75, 3.05) is 5.32 Å². The van der Waals surface area contributed by atoms with Crippen molar-refractivity contribution < 1.29 is 4.42 Å². The highest BCUT2D eigenvalue weighted by Crippen LogP contribution is 2.25. The van der Waals surface area contributed by atoms with Crippen molar-refractivity contribution in [3.63, 3.8) is 0 Å². The second-order valence-corrected chi connectivity index (χ2v) is 5.18. The van der Waals surface area contributed by atoms with E-state index in [0.717, 1.165) is 17.0 Å². The molecule has 1 aliphatic rings. The minimum atomic E-state index is 0.727. The van der Waals surface area contributed by atoms with Gasteiger partial charge < -0.3 is 9.73 Å². The second kappa shape index (κ2) is 4.57. The number of nitrogens with one attached hydrogen (secondary N) is 1. The van der Waals surface area contributed by atoms with E-state index in [1.54, 1.807) is 0 Å². The Hall–Kier alpha value is -1.22. The maximum Gasteiger partial charge on any atom is 0.169 e. The van der Waals surface area contributed by atoms with Gasteiger partial charge in [-0.25, -0.2) is 0 Å². The topological polar surface area (TPSA) is 25.2 Å². The molecule has 0 aliphatic heterocycles. The number of rotatable bonds is 3. The molecule has 0 amide bonds.